The second-order valence-corrected chi connectivity index (χ2v) is 7.96. The second-order valence-electron chi connectivity index (χ2n) is 6.16. The molecule has 160 valence electrons. The molecule has 1 unspecified atom stereocenters. The van der Waals surface area contributed by atoms with Crippen LogP contribution < -0.4 is 11.2 Å². The number of nitrogens with zero attached hydrogens (tertiary/aromatic N) is 3. The van der Waals surface area contributed by atoms with Crippen LogP contribution in [0.15, 0.2) is 39.4 Å². The van der Waals surface area contributed by atoms with E-state index in [1.165, 1.54) is 19.1 Å². The van der Waals surface area contributed by atoms with Crippen molar-refractivity contribution >= 4 is 33.4 Å². The number of sulfonamides is 1. The van der Waals surface area contributed by atoms with E-state index in [9.17, 15) is 18.0 Å². The number of ether oxygens (including phenoxy) is 1. The summed E-state index contributed by atoms with van der Waals surface area (Å²) in [5, 5.41) is 7.87. The molecule has 0 heterocycles. The van der Waals surface area contributed by atoms with Gasteiger partial charge in [-0.05, 0) is 46.2 Å². The summed E-state index contributed by atoms with van der Waals surface area (Å²) in [6, 6.07) is 3.62. The van der Waals surface area contributed by atoms with Gasteiger partial charge in [-0.1, -0.05) is 24.6 Å². The van der Waals surface area contributed by atoms with Gasteiger partial charge in [-0.3, -0.25) is 0 Å². The van der Waals surface area contributed by atoms with Crippen LogP contribution in [0.2, 0.25) is 0 Å². The fraction of sp³-hybridized carbons (Fsp3) is 0.444. The van der Waals surface area contributed by atoms with Gasteiger partial charge in [0.1, 0.15) is 0 Å². The zero-order chi connectivity index (χ0) is 22.2. The van der Waals surface area contributed by atoms with E-state index in [2.05, 4.69) is 10.2 Å². The van der Waals surface area contributed by atoms with Crippen LogP contribution in [0.5, 0.6) is 0 Å². The number of hydrazone groups is 2. The van der Waals surface area contributed by atoms with Crippen LogP contribution in [0, 0.1) is 6.92 Å². The van der Waals surface area contributed by atoms with Crippen molar-refractivity contribution in [1.82, 2.24) is 9.84 Å². The Morgan fingerprint density at radius 2 is 1.79 bits per heavy atom. The molecule has 0 aliphatic rings. The average molecular weight is 426 g/mol. The van der Waals surface area contributed by atoms with Crippen molar-refractivity contribution in [2.75, 3.05) is 6.61 Å². The maximum Gasteiger partial charge on any atom is 0.337 e. The van der Waals surface area contributed by atoms with Gasteiger partial charge in [0.25, 0.3) is 10.0 Å². The van der Waals surface area contributed by atoms with Crippen molar-refractivity contribution in [1.29, 1.82) is 0 Å². The van der Waals surface area contributed by atoms with Crippen LogP contribution in [-0.2, 0) is 19.6 Å². The van der Waals surface area contributed by atoms with E-state index in [0.29, 0.717) is 16.5 Å². The number of carbonyl (C=O) groups excluding carboxylic acids is 2. The molecule has 1 atom stereocenters. The summed E-state index contributed by atoms with van der Waals surface area (Å²) in [7, 11) is -4.25. The summed E-state index contributed by atoms with van der Waals surface area (Å²) in [6.07, 6.45) is 0.450. The van der Waals surface area contributed by atoms with Crippen LogP contribution in [0.1, 0.15) is 39.7 Å². The molecule has 10 nitrogen and oxygen atoms in total. The third-order valence-electron chi connectivity index (χ3n) is 3.81. The van der Waals surface area contributed by atoms with Crippen LogP contribution in [0.4, 0.5) is 4.79 Å². The molecule has 0 aliphatic carbocycles. The predicted octanol–water partition coefficient (Wildman–Crippen LogP) is 1.75. The molecule has 1 aromatic carbocycles. The quantitative estimate of drug-likeness (QED) is 0.352. The topological polar surface area (TPSA) is 144 Å². The van der Waals surface area contributed by atoms with Crippen molar-refractivity contribution < 1.29 is 22.7 Å². The Kier molecular flexibility index (Phi) is 8.77. The molecule has 0 spiro atoms. The Hall–Kier alpha value is -2.95. The van der Waals surface area contributed by atoms with Crippen LogP contribution in [-0.4, -0.2) is 48.9 Å². The summed E-state index contributed by atoms with van der Waals surface area (Å²) < 4.78 is 32.4. The number of aryl methyl sites for hydroxylation is 1. The summed E-state index contributed by atoms with van der Waals surface area (Å²) >= 11 is 0. The smallest absolute Gasteiger partial charge is 0.337 e. The van der Waals surface area contributed by atoms with E-state index in [-0.39, 0.29) is 17.2 Å². The Labute approximate surface area is 170 Å². The molecule has 2 amide bonds. The minimum absolute atomic E-state index is 0.0146. The van der Waals surface area contributed by atoms with Gasteiger partial charge in [0, 0.05) is 5.71 Å². The number of nitrogens with one attached hydrogen (secondary N) is 1. The number of primary amides is 1. The number of esters is 1. The number of hydrogen-bond acceptors (Lipinski definition) is 7. The monoisotopic (exact) mass is 425 g/mol. The number of carbonyl (C=O) groups is 2. The largest absolute Gasteiger partial charge is 0.464 e. The molecule has 0 saturated carbocycles. The minimum atomic E-state index is -4.25. The highest BCUT2D eigenvalue weighted by Crippen LogP contribution is 2.22. The zero-order valence-electron chi connectivity index (χ0n) is 17.2. The lowest BCUT2D eigenvalue weighted by Gasteiger charge is -2.27. The molecule has 1 rings (SSSR count). The molecular weight excluding hydrogens is 398 g/mol. The van der Waals surface area contributed by atoms with E-state index < -0.39 is 28.1 Å². The van der Waals surface area contributed by atoms with Gasteiger partial charge in [0.05, 0.1) is 17.2 Å². The highest BCUT2D eigenvalue weighted by Gasteiger charge is 2.39. The molecule has 0 aliphatic heterocycles. The molecule has 0 fully saturated rings. The van der Waals surface area contributed by atoms with Crippen molar-refractivity contribution in [3.8, 4) is 0 Å². The van der Waals surface area contributed by atoms with Gasteiger partial charge in [-0.15, -0.1) is 0 Å². The van der Waals surface area contributed by atoms with Crippen LogP contribution in [0.3, 0.4) is 0 Å². The Morgan fingerprint density at radius 3 is 2.28 bits per heavy atom. The lowest BCUT2D eigenvalue weighted by atomic mass is 10.2. The summed E-state index contributed by atoms with van der Waals surface area (Å²) in [4.78, 5) is 23.6. The average Bonchev–Trinajstić information content (AvgIpc) is 2.66. The summed E-state index contributed by atoms with van der Waals surface area (Å²) in [6.45, 7) is 8.22. The second kappa shape index (κ2) is 10.6. The first-order chi connectivity index (χ1) is 13.5. The molecule has 3 N–H and O–H groups in total. The van der Waals surface area contributed by atoms with Crippen molar-refractivity contribution in [2.45, 2.75) is 52.0 Å². The van der Waals surface area contributed by atoms with Crippen LogP contribution in [0.25, 0.3) is 0 Å². The molecule has 0 saturated heterocycles. The Bertz CT molecular complexity index is 894. The standard InChI is InChI=1S/C18H27N5O5S/c1-6-13(4)22-23(29(26,27)15-10-8-12(3)9-11-15)16(17(24)28-7-2)14(5)20-21-18(19)25/h8-11,16H,6-7H2,1-5H3,(H3,19,21,25)/b20-14+,22-13+. The zero-order valence-corrected chi connectivity index (χ0v) is 18.0. The van der Waals surface area contributed by atoms with Crippen LogP contribution >= 0.6 is 0 Å². The highest BCUT2D eigenvalue weighted by molar-refractivity contribution is 7.89. The molecule has 0 radical (unpaired) electrons. The van der Waals surface area contributed by atoms with E-state index in [0.717, 1.165) is 5.56 Å². The molecule has 1 aromatic rings. The van der Waals surface area contributed by atoms with Gasteiger partial charge in [0.15, 0.2) is 0 Å². The van der Waals surface area contributed by atoms with Gasteiger partial charge >= 0.3 is 12.0 Å². The predicted molar refractivity (Wildman–Crippen MR) is 110 cm³/mol. The molecule has 0 bridgehead atoms. The van der Waals surface area contributed by atoms with E-state index >= 15 is 0 Å². The third kappa shape index (κ3) is 6.56. The van der Waals surface area contributed by atoms with Crippen molar-refractivity contribution in [2.24, 2.45) is 15.9 Å². The lowest BCUT2D eigenvalue weighted by Crippen LogP contribution is -2.48. The SMILES string of the molecule is CCOC(=O)C(/C(C)=N/NC(N)=O)N(/N=C(\C)CC)S(=O)(=O)c1ccc(C)cc1. The first-order valence-corrected chi connectivity index (χ1v) is 10.4. The van der Waals surface area contributed by atoms with Crippen molar-refractivity contribution in [3.63, 3.8) is 0 Å². The van der Waals surface area contributed by atoms with Gasteiger partial charge in [-0.25, -0.2) is 15.0 Å². The first kappa shape index (κ1) is 24.1. The van der Waals surface area contributed by atoms with Gasteiger partial charge in [-0.2, -0.15) is 23.0 Å². The Balaban J connectivity index is 3.64. The molecular formula is C18H27N5O5S. The summed E-state index contributed by atoms with van der Waals surface area (Å²) in [5.74, 6) is -0.886. The van der Waals surface area contributed by atoms with Crippen molar-refractivity contribution in [3.05, 3.63) is 29.8 Å². The molecule has 29 heavy (non-hydrogen) atoms. The number of amides is 2. The highest BCUT2D eigenvalue weighted by atomic mass is 32.2. The van der Waals surface area contributed by atoms with E-state index in [4.69, 9.17) is 10.5 Å². The maximum absolute atomic E-state index is 13.3. The van der Waals surface area contributed by atoms with Gasteiger partial charge < -0.3 is 10.5 Å². The Morgan fingerprint density at radius 1 is 1.21 bits per heavy atom. The number of nitrogens with two attached hydrogens (primary N) is 1. The summed E-state index contributed by atoms with van der Waals surface area (Å²) in [5.41, 5.74) is 8.27. The first-order valence-electron chi connectivity index (χ1n) is 8.96. The fourth-order valence-corrected chi connectivity index (χ4v) is 3.61. The number of hydrogen-bond donors (Lipinski definition) is 2. The molecule has 0 aromatic heterocycles. The third-order valence-corrected chi connectivity index (χ3v) is 5.47. The molecule has 11 heteroatoms. The normalized spacial score (nSPS) is 13.6. The van der Waals surface area contributed by atoms with E-state index in [1.54, 1.807) is 32.9 Å². The fourth-order valence-electron chi connectivity index (χ4n) is 2.15. The van der Waals surface area contributed by atoms with Gasteiger partial charge in [0.2, 0.25) is 6.04 Å². The van der Waals surface area contributed by atoms with E-state index in [1.807, 2.05) is 12.3 Å². The minimum Gasteiger partial charge on any atom is -0.464 e. The lowest BCUT2D eigenvalue weighted by molar-refractivity contribution is -0.145. The number of urea groups is 1. The maximum atomic E-state index is 13.3. The number of rotatable bonds is 9. The number of benzene rings is 1.